The van der Waals surface area contributed by atoms with Crippen LogP contribution in [-0.2, 0) is 12.8 Å². The average Bonchev–Trinajstić information content (AvgIpc) is 2.72. The lowest BCUT2D eigenvalue weighted by molar-refractivity contribution is 0.416. The minimum absolute atomic E-state index is 0.000437. The largest absolute Gasteiger partial charge is 0.496 e. The Balaban J connectivity index is 2.14. The predicted octanol–water partition coefficient (Wildman–Crippen LogP) is 3.02. The molecule has 0 atom stereocenters. The van der Waals surface area contributed by atoms with E-state index in [1.165, 1.54) is 6.42 Å². The molecule has 0 bridgehead atoms. The van der Waals surface area contributed by atoms with Crippen LogP contribution in [0.4, 0.5) is 0 Å². The summed E-state index contributed by atoms with van der Waals surface area (Å²) >= 11 is 0. The second-order valence-corrected chi connectivity index (χ2v) is 5.60. The molecule has 3 rings (SSSR count). The molecule has 0 saturated carbocycles. The second kappa shape index (κ2) is 5.72. The van der Waals surface area contributed by atoms with Gasteiger partial charge in [0.25, 0.3) is 5.56 Å². The van der Waals surface area contributed by atoms with Crippen LogP contribution in [0, 0.1) is 6.92 Å². The van der Waals surface area contributed by atoms with Crippen molar-refractivity contribution in [1.82, 2.24) is 9.97 Å². The zero-order chi connectivity index (χ0) is 14.8. The van der Waals surface area contributed by atoms with E-state index in [2.05, 4.69) is 4.98 Å². The summed E-state index contributed by atoms with van der Waals surface area (Å²) < 4.78 is 5.43. The van der Waals surface area contributed by atoms with E-state index >= 15 is 0 Å². The molecule has 4 nitrogen and oxygen atoms in total. The molecule has 0 saturated heterocycles. The van der Waals surface area contributed by atoms with Gasteiger partial charge in [0.2, 0.25) is 0 Å². The van der Waals surface area contributed by atoms with E-state index in [-0.39, 0.29) is 5.56 Å². The Morgan fingerprint density at radius 2 is 2.00 bits per heavy atom. The number of nitrogens with one attached hydrogen (secondary N) is 1. The minimum atomic E-state index is -0.000437. The Bertz CT molecular complexity index is 719. The SMILES string of the molecule is COc1cc(C)ccc1-c1nc2c(c(=O)[nH]1)CCCCC2. The first-order valence-corrected chi connectivity index (χ1v) is 7.46. The third kappa shape index (κ3) is 2.71. The van der Waals surface area contributed by atoms with Gasteiger partial charge in [-0.3, -0.25) is 4.79 Å². The molecule has 0 aliphatic heterocycles. The van der Waals surface area contributed by atoms with Crippen molar-refractivity contribution in [3.05, 3.63) is 45.4 Å². The molecule has 1 heterocycles. The molecule has 0 unspecified atom stereocenters. The summed E-state index contributed by atoms with van der Waals surface area (Å²) in [4.78, 5) is 20.0. The summed E-state index contributed by atoms with van der Waals surface area (Å²) in [6.45, 7) is 2.01. The maximum Gasteiger partial charge on any atom is 0.254 e. The van der Waals surface area contributed by atoms with E-state index in [1.54, 1.807) is 7.11 Å². The van der Waals surface area contributed by atoms with Gasteiger partial charge in [-0.05, 0) is 50.3 Å². The highest BCUT2D eigenvalue weighted by Gasteiger charge is 2.16. The van der Waals surface area contributed by atoms with E-state index in [9.17, 15) is 4.79 Å². The number of nitrogens with zero attached hydrogens (tertiary/aromatic N) is 1. The standard InChI is InChI=1S/C17H20N2O2/c1-11-8-9-13(15(10-11)21-2)16-18-14-7-5-3-4-6-12(14)17(20)19-16/h8-10H,3-7H2,1-2H3,(H,18,19,20). The molecule has 2 aromatic rings. The van der Waals surface area contributed by atoms with Crippen LogP contribution in [0.15, 0.2) is 23.0 Å². The van der Waals surface area contributed by atoms with Gasteiger partial charge >= 0.3 is 0 Å². The van der Waals surface area contributed by atoms with Crippen molar-refractivity contribution in [2.75, 3.05) is 7.11 Å². The fourth-order valence-electron chi connectivity index (χ4n) is 2.90. The average molecular weight is 284 g/mol. The van der Waals surface area contributed by atoms with Gasteiger partial charge in [-0.25, -0.2) is 4.98 Å². The molecule has 21 heavy (non-hydrogen) atoms. The summed E-state index contributed by atoms with van der Waals surface area (Å²) in [5, 5.41) is 0. The molecule has 0 fully saturated rings. The Morgan fingerprint density at radius 3 is 2.81 bits per heavy atom. The van der Waals surface area contributed by atoms with Crippen LogP contribution in [0.3, 0.4) is 0 Å². The Kier molecular flexibility index (Phi) is 3.78. The lowest BCUT2D eigenvalue weighted by Crippen LogP contribution is -2.18. The molecular formula is C17H20N2O2. The number of hydrogen-bond donors (Lipinski definition) is 1. The molecule has 1 aliphatic rings. The highest BCUT2D eigenvalue weighted by molar-refractivity contribution is 5.65. The number of ether oxygens (including phenoxy) is 1. The Hall–Kier alpha value is -2.10. The number of fused-ring (bicyclic) bond motifs is 1. The maximum atomic E-state index is 12.3. The zero-order valence-electron chi connectivity index (χ0n) is 12.5. The van der Waals surface area contributed by atoms with Crippen molar-refractivity contribution in [2.45, 2.75) is 39.0 Å². The van der Waals surface area contributed by atoms with Crippen LogP contribution in [0.2, 0.25) is 0 Å². The van der Waals surface area contributed by atoms with Gasteiger partial charge in [-0.1, -0.05) is 12.5 Å². The third-order valence-corrected chi connectivity index (χ3v) is 4.05. The molecular weight excluding hydrogens is 264 g/mol. The van der Waals surface area contributed by atoms with Crippen molar-refractivity contribution in [1.29, 1.82) is 0 Å². The fraction of sp³-hybridized carbons (Fsp3) is 0.412. The van der Waals surface area contributed by atoms with Crippen LogP contribution in [-0.4, -0.2) is 17.1 Å². The summed E-state index contributed by atoms with van der Waals surface area (Å²) in [6.07, 6.45) is 5.07. The monoisotopic (exact) mass is 284 g/mol. The second-order valence-electron chi connectivity index (χ2n) is 5.60. The minimum Gasteiger partial charge on any atom is -0.496 e. The van der Waals surface area contributed by atoms with Crippen LogP contribution in [0.1, 0.15) is 36.1 Å². The number of hydrogen-bond acceptors (Lipinski definition) is 3. The van der Waals surface area contributed by atoms with Crippen LogP contribution in [0.5, 0.6) is 5.75 Å². The summed E-state index contributed by atoms with van der Waals surface area (Å²) in [7, 11) is 1.64. The first-order valence-electron chi connectivity index (χ1n) is 7.46. The molecule has 110 valence electrons. The highest BCUT2D eigenvalue weighted by atomic mass is 16.5. The first-order chi connectivity index (χ1) is 10.2. The summed E-state index contributed by atoms with van der Waals surface area (Å²) in [5.74, 6) is 1.35. The van der Waals surface area contributed by atoms with Crippen LogP contribution < -0.4 is 10.3 Å². The number of rotatable bonds is 2. The molecule has 4 heteroatoms. The van der Waals surface area contributed by atoms with Crippen LogP contribution in [0.25, 0.3) is 11.4 Å². The molecule has 1 aromatic heterocycles. The highest BCUT2D eigenvalue weighted by Crippen LogP contribution is 2.28. The van der Waals surface area contributed by atoms with Crippen LogP contribution >= 0.6 is 0 Å². The molecule has 1 aliphatic carbocycles. The van der Waals surface area contributed by atoms with E-state index in [0.29, 0.717) is 5.82 Å². The van der Waals surface area contributed by atoms with Crippen molar-refractivity contribution >= 4 is 0 Å². The number of aromatic amines is 1. The molecule has 1 aromatic carbocycles. The Labute approximate surface area is 124 Å². The summed E-state index contributed by atoms with van der Waals surface area (Å²) in [5.41, 5.74) is 3.77. The van der Waals surface area contributed by atoms with Crippen molar-refractivity contribution < 1.29 is 4.74 Å². The normalized spacial score (nSPS) is 14.4. The molecule has 0 amide bonds. The topological polar surface area (TPSA) is 55.0 Å². The molecule has 0 spiro atoms. The maximum absolute atomic E-state index is 12.3. The number of aryl methyl sites for hydroxylation is 2. The van der Waals surface area contributed by atoms with Gasteiger partial charge in [0, 0.05) is 5.56 Å². The smallest absolute Gasteiger partial charge is 0.254 e. The van der Waals surface area contributed by atoms with E-state index in [4.69, 9.17) is 9.72 Å². The molecule has 0 radical (unpaired) electrons. The number of H-pyrrole nitrogens is 1. The van der Waals surface area contributed by atoms with E-state index in [0.717, 1.165) is 53.8 Å². The van der Waals surface area contributed by atoms with Gasteiger partial charge in [-0.15, -0.1) is 0 Å². The van der Waals surface area contributed by atoms with E-state index in [1.807, 2.05) is 25.1 Å². The summed E-state index contributed by atoms with van der Waals surface area (Å²) in [6, 6.07) is 5.92. The van der Waals surface area contributed by atoms with Crippen molar-refractivity contribution in [3.8, 4) is 17.1 Å². The first kappa shape index (κ1) is 13.9. The van der Waals surface area contributed by atoms with Crippen molar-refractivity contribution in [3.63, 3.8) is 0 Å². The third-order valence-electron chi connectivity index (χ3n) is 4.05. The Morgan fingerprint density at radius 1 is 1.19 bits per heavy atom. The van der Waals surface area contributed by atoms with E-state index < -0.39 is 0 Å². The quantitative estimate of drug-likeness (QED) is 0.862. The van der Waals surface area contributed by atoms with Gasteiger partial charge in [0.15, 0.2) is 0 Å². The number of methoxy groups -OCH3 is 1. The van der Waals surface area contributed by atoms with Gasteiger partial charge in [0.1, 0.15) is 11.6 Å². The van der Waals surface area contributed by atoms with Gasteiger partial charge < -0.3 is 9.72 Å². The lowest BCUT2D eigenvalue weighted by atomic mass is 10.1. The van der Waals surface area contributed by atoms with Crippen molar-refractivity contribution in [2.24, 2.45) is 0 Å². The van der Waals surface area contributed by atoms with Gasteiger partial charge in [-0.2, -0.15) is 0 Å². The van der Waals surface area contributed by atoms with Gasteiger partial charge in [0.05, 0.1) is 18.4 Å². The number of aromatic nitrogens is 2. The molecule has 1 N–H and O–H groups in total. The predicted molar refractivity (Wildman–Crippen MR) is 82.8 cm³/mol. The fourth-order valence-corrected chi connectivity index (χ4v) is 2.90. The number of benzene rings is 1. The lowest BCUT2D eigenvalue weighted by Gasteiger charge is -2.11. The zero-order valence-corrected chi connectivity index (χ0v) is 12.5.